The summed E-state index contributed by atoms with van der Waals surface area (Å²) in [5, 5.41) is 20.4. The maximum Gasteiger partial charge on any atom is 0.303 e. The van der Waals surface area contributed by atoms with E-state index in [9.17, 15) is 9.59 Å². The van der Waals surface area contributed by atoms with Crippen molar-refractivity contribution >= 4 is 11.9 Å². The first-order valence-electron chi connectivity index (χ1n) is 11.0. The number of nitrogens with one attached hydrogen (secondary N) is 1. The Morgan fingerprint density at radius 3 is 1.96 bits per heavy atom. The normalized spacial score (nSPS) is 12.6. The van der Waals surface area contributed by atoms with Gasteiger partial charge in [-0.15, -0.1) is 0 Å². The molecule has 0 rings (SSSR count). The van der Waals surface area contributed by atoms with Crippen LogP contribution in [-0.4, -0.2) is 34.7 Å². The minimum atomic E-state index is -0.788. The van der Waals surface area contributed by atoms with Crippen LogP contribution in [0.3, 0.4) is 0 Å². The summed E-state index contributed by atoms with van der Waals surface area (Å²) < 4.78 is 0. The second kappa shape index (κ2) is 20.1. The van der Waals surface area contributed by atoms with Gasteiger partial charge in [-0.3, -0.25) is 9.59 Å². The van der Waals surface area contributed by atoms with Crippen molar-refractivity contribution in [2.45, 2.75) is 103 Å². The lowest BCUT2D eigenvalue weighted by Gasteiger charge is -2.02. The average Bonchev–Trinajstić information content (AvgIpc) is 2.64. The van der Waals surface area contributed by atoms with Crippen molar-refractivity contribution in [3.05, 3.63) is 24.3 Å². The molecule has 162 valence electrons. The molecule has 0 aromatic carbocycles. The van der Waals surface area contributed by atoms with Crippen molar-refractivity contribution in [2.24, 2.45) is 0 Å². The molecule has 0 saturated carbocycles. The summed E-state index contributed by atoms with van der Waals surface area (Å²) in [5.74, 6) is -0.875. The average molecular weight is 396 g/mol. The molecule has 0 bridgehead atoms. The first-order chi connectivity index (χ1) is 13.5. The first-order valence-corrected chi connectivity index (χ1v) is 11.0. The number of unbranched alkanes of at least 4 members (excludes halogenated alkanes) is 10. The van der Waals surface area contributed by atoms with Gasteiger partial charge < -0.3 is 15.5 Å². The zero-order chi connectivity index (χ0) is 20.9. The Bertz CT molecular complexity index is 444. The summed E-state index contributed by atoms with van der Waals surface area (Å²) >= 11 is 0. The van der Waals surface area contributed by atoms with Crippen molar-refractivity contribution in [2.75, 3.05) is 6.54 Å². The van der Waals surface area contributed by atoms with E-state index in [1.807, 2.05) is 13.0 Å². The molecule has 1 atom stereocenters. The zero-order valence-electron chi connectivity index (χ0n) is 17.7. The van der Waals surface area contributed by atoms with Crippen LogP contribution in [0.5, 0.6) is 0 Å². The second-order valence-corrected chi connectivity index (χ2v) is 7.51. The zero-order valence-corrected chi connectivity index (χ0v) is 17.7. The lowest BCUT2D eigenvalue weighted by atomic mass is 10.1. The fourth-order valence-electron chi connectivity index (χ4n) is 2.86. The third-order valence-corrected chi connectivity index (χ3v) is 4.52. The topological polar surface area (TPSA) is 86.6 Å². The molecule has 0 saturated heterocycles. The number of rotatable bonds is 19. The van der Waals surface area contributed by atoms with Crippen LogP contribution in [0.15, 0.2) is 24.3 Å². The highest BCUT2D eigenvalue weighted by Crippen LogP contribution is 2.11. The van der Waals surface area contributed by atoms with Gasteiger partial charge in [-0.05, 0) is 57.9 Å². The van der Waals surface area contributed by atoms with E-state index in [0.717, 1.165) is 25.7 Å². The van der Waals surface area contributed by atoms with Gasteiger partial charge in [0.1, 0.15) is 0 Å². The predicted octanol–water partition coefficient (Wildman–Crippen LogP) is 5.14. The molecule has 28 heavy (non-hydrogen) atoms. The van der Waals surface area contributed by atoms with Gasteiger partial charge in [0.05, 0.1) is 6.10 Å². The van der Waals surface area contributed by atoms with Gasteiger partial charge in [0.2, 0.25) is 5.91 Å². The van der Waals surface area contributed by atoms with Crippen molar-refractivity contribution in [1.82, 2.24) is 5.32 Å². The number of carboxylic acids is 1. The number of allylic oxidation sites excluding steroid dienone is 2. The van der Waals surface area contributed by atoms with Crippen molar-refractivity contribution < 1.29 is 19.8 Å². The molecule has 5 heteroatoms. The highest BCUT2D eigenvalue weighted by atomic mass is 16.4. The van der Waals surface area contributed by atoms with E-state index in [4.69, 9.17) is 10.2 Å². The smallest absolute Gasteiger partial charge is 0.303 e. The quantitative estimate of drug-likeness (QED) is 0.160. The molecule has 0 aromatic heterocycles. The van der Waals surface area contributed by atoms with E-state index in [0.29, 0.717) is 19.4 Å². The fourth-order valence-corrected chi connectivity index (χ4v) is 2.86. The number of carboxylic acid groups (broad SMARTS) is 1. The minimum Gasteiger partial charge on any atom is -0.481 e. The van der Waals surface area contributed by atoms with E-state index in [1.54, 1.807) is 6.08 Å². The Hall–Kier alpha value is -1.62. The molecule has 0 aliphatic carbocycles. The SMILES string of the molecule is CC(O)CC=CCCCCCCCCCCC=CC(=O)NCCCCC(=O)O. The number of aliphatic hydroxyl groups excluding tert-OH is 1. The summed E-state index contributed by atoms with van der Waals surface area (Å²) in [4.78, 5) is 21.9. The van der Waals surface area contributed by atoms with Crippen LogP contribution < -0.4 is 5.32 Å². The van der Waals surface area contributed by atoms with Crippen molar-refractivity contribution in [3.8, 4) is 0 Å². The van der Waals surface area contributed by atoms with Crippen LogP contribution >= 0.6 is 0 Å². The summed E-state index contributed by atoms with van der Waals surface area (Å²) in [6.07, 6.45) is 21.8. The monoisotopic (exact) mass is 395 g/mol. The highest BCUT2D eigenvalue weighted by Gasteiger charge is 1.98. The Balaban J connectivity index is 3.29. The molecule has 0 aliphatic rings. The molecular weight excluding hydrogens is 354 g/mol. The van der Waals surface area contributed by atoms with Crippen LogP contribution in [0.25, 0.3) is 0 Å². The van der Waals surface area contributed by atoms with Crippen molar-refractivity contribution in [3.63, 3.8) is 0 Å². The van der Waals surface area contributed by atoms with Crippen LogP contribution in [0.1, 0.15) is 96.8 Å². The number of aliphatic carboxylic acids is 1. The molecule has 0 fully saturated rings. The van der Waals surface area contributed by atoms with E-state index >= 15 is 0 Å². The second-order valence-electron chi connectivity index (χ2n) is 7.51. The molecule has 0 radical (unpaired) electrons. The summed E-state index contributed by atoms with van der Waals surface area (Å²) in [7, 11) is 0. The van der Waals surface area contributed by atoms with Gasteiger partial charge in [-0.25, -0.2) is 0 Å². The van der Waals surface area contributed by atoms with Gasteiger partial charge in [-0.2, -0.15) is 0 Å². The number of hydrogen-bond donors (Lipinski definition) is 3. The molecule has 3 N–H and O–H groups in total. The standard InChI is InChI=1S/C23H41NO4/c1-21(25)17-13-11-9-7-5-3-2-4-6-8-10-12-14-18-22(26)24-20-16-15-19-23(27)28/h11,13-14,18,21,25H,2-10,12,15-17,19-20H2,1H3,(H,24,26)(H,27,28). The summed E-state index contributed by atoms with van der Waals surface area (Å²) in [6, 6.07) is 0. The fraction of sp³-hybridized carbons (Fsp3) is 0.739. The Labute approximate surface area is 171 Å². The van der Waals surface area contributed by atoms with E-state index in [-0.39, 0.29) is 18.4 Å². The van der Waals surface area contributed by atoms with Crippen LogP contribution in [0.4, 0.5) is 0 Å². The predicted molar refractivity (Wildman–Crippen MR) is 115 cm³/mol. The van der Waals surface area contributed by atoms with Gasteiger partial charge in [-0.1, -0.05) is 56.8 Å². The Morgan fingerprint density at radius 1 is 0.821 bits per heavy atom. The summed E-state index contributed by atoms with van der Waals surface area (Å²) in [5.41, 5.74) is 0. The maximum absolute atomic E-state index is 11.6. The first kappa shape index (κ1) is 26.4. The highest BCUT2D eigenvalue weighted by molar-refractivity contribution is 5.87. The van der Waals surface area contributed by atoms with Crippen LogP contribution in [0.2, 0.25) is 0 Å². The molecule has 0 aliphatic heterocycles. The van der Waals surface area contributed by atoms with Crippen molar-refractivity contribution in [1.29, 1.82) is 0 Å². The molecule has 0 spiro atoms. The third-order valence-electron chi connectivity index (χ3n) is 4.52. The maximum atomic E-state index is 11.6. The number of hydrogen-bond acceptors (Lipinski definition) is 3. The Morgan fingerprint density at radius 2 is 1.39 bits per heavy atom. The lowest BCUT2D eigenvalue weighted by Crippen LogP contribution is -2.22. The molecular formula is C23H41NO4. The largest absolute Gasteiger partial charge is 0.481 e. The molecule has 1 unspecified atom stereocenters. The van der Waals surface area contributed by atoms with E-state index < -0.39 is 5.97 Å². The molecule has 0 heterocycles. The van der Waals surface area contributed by atoms with Gasteiger partial charge in [0.15, 0.2) is 0 Å². The van der Waals surface area contributed by atoms with Crippen LogP contribution in [-0.2, 0) is 9.59 Å². The third kappa shape index (κ3) is 22.4. The lowest BCUT2D eigenvalue weighted by molar-refractivity contribution is -0.137. The van der Waals surface area contributed by atoms with Gasteiger partial charge in [0, 0.05) is 13.0 Å². The summed E-state index contributed by atoms with van der Waals surface area (Å²) in [6.45, 7) is 2.35. The number of amides is 1. The van der Waals surface area contributed by atoms with Gasteiger partial charge in [0.25, 0.3) is 0 Å². The Kier molecular flexibility index (Phi) is 19.0. The minimum absolute atomic E-state index is 0.0870. The number of carbonyl (C=O) groups is 2. The molecule has 5 nitrogen and oxygen atoms in total. The number of carbonyl (C=O) groups excluding carboxylic acids is 1. The van der Waals surface area contributed by atoms with E-state index in [2.05, 4.69) is 17.5 Å². The molecule has 1 amide bonds. The van der Waals surface area contributed by atoms with E-state index in [1.165, 1.54) is 44.9 Å². The van der Waals surface area contributed by atoms with Gasteiger partial charge >= 0.3 is 5.97 Å². The molecule has 0 aromatic rings. The van der Waals surface area contributed by atoms with Crippen LogP contribution in [0, 0.1) is 0 Å². The number of aliphatic hydroxyl groups is 1.